The van der Waals surface area contributed by atoms with Crippen molar-refractivity contribution in [1.29, 1.82) is 0 Å². The summed E-state index contributed by atoms with van der Waals surface area (Å²) in [5.41, 5.74) is 1.35. The maximum absolute atomic E-state index is 12.0. The van der Waals surface area contributed by atoms with Crippen LogP contribution in [0.3, 0.4) is 0 Å². The highest BCUT2D eigenvalue weighted by Crippen LogP contribution is 2.18. The summed E-state index contributed by atoms with van der Waals surface area (Å²) >= 11 is 0. The Morgan fingerprint density at radius 2 is 1.93 bits per heavy atom. The van der Waals surface area contributed by atoms with Gasteiger partial charge in [0.15, 0.2) is 5.58 Å². The third-order valence-electron chi connectivity index (χ3n) is 2.35. The predicted octanol–water partition coefficient (Wildman–Crippen LogP) is 2.66. The van der Waals surface area contributed by atoms with Gasteiger partial charge < -0.3 is 4.52 Å². The molecule has 15 heavy (non-hydrogen) atoms. The van der Waals surface area contributed by atoms with E-state index in [1.807, 2.05) is 45.9 Å². The van der Waals surface area contributed by atoms with Crippen LogP contribution in [0.1, 0.15) is 26.3 Å². The predicted molar refractivity (Wildman–Crippen MR) is 60.2 cm³/mol. The van der Waals surface area contributed by atoms with E-state index in [2.05, 4.69) is 0 Å². The Labute approximate surface area is 88.3 Å². The van der Waals surface area contributed by atoms with Gasteiger partial charge in [0.25, 0.3) is 5.56 Å². The largest absolute Gasteiger partial charge is 0.375 e. The van der Waals surface area contributed by atoms with Crippen molar-refractivity contribution in [2.24, 2.45) is 0 Å². The second-order valence-electron chi connectivity index (χ2n) is 4.86. The van der Waals surface area contributed by atoms with Crippen molar-refractivity contribution >= 4 is 11.0 Å². The number of hydrogen-bond donors (Lipinski definition) is 0. The minimum Gasteiger partial charge on any atom is -0.375 e. The van der Waals surface area contributed by atoms with Crippen LogP contribution < -0.4 is 5.56 Å². The van der Waals surface area contributed by atoms with Crippen LogP contribution in [0.2, 0.25) is 0 Å². The number of benzene rings is 1. The van der Waals surface area contributed by atoms with Crippen molar-refractivity contribution in [1.82, 2.24) is 4.74 Å². The van der Waals surface area contributed by atoms with E-state index in [1.165, 1.54) is 4.74 Å². The van der Waals surface area contributed by atoms with Gasteiger partial charge in [-0.1, -0.05) is 11.6 Å². The molecule has 3 nitrogen and oxygen atoms in total. The van der Waals surface area contributed by atoms with Gasteiger partial charge in [-0.15, -0.1) is 0 Å². The summed E-state index contributed by atoms with van der Waals surface area (Å²) in [5, 5.41) is 0.657. The molecule has 0 atom stereocenters. The number of rotatable bonds is 0. The normalized spacial score (nSPS) is 12.3. The van der Waals surface area contributed by atoms with Gasteiger partial charge in [0.1, 0.15) is 0 Å². The number of hydrogen-bond acceptors (Lipinski definition) is 2. The lowest BCUT2D eigenvalue weighted by Crippen LogP contribution is -2.30. The molecule has 0 saturated heterocycles. The smallest absolute Gasteiger partial charge is 0.290 e. The van der Waals surface area contributed by atoms with E-state index < -0.39 is 0 Å². The van der Waals surface area contributed by atoms with Crippen molar-refractivity contribution in [3.05, 3.63) is 34.1 Å². The quantitative estimate of drug-likeness (QED) is 0.662. The summed E-state index contributed by atoms with van der Waals surface area (Å²) in [6, 6.07) is 5.65. The number of aryl methyl sites for hydroxylation is 1. The van der Waals surface area contributed by atoms with E-state index in [0.717, 1.165) is 5.56 Å². The van der Waals surface area contributed by atoms with Crippen molar-refractivity contribution in [3.63, 3.8) is 0 Å². The molecule has 80 valence electrons. The molecular weight excluding hydrogens is 190 g/mol. The van der Waals surface area contributed by atoms with Gasteiger partial charge in [-0.3, -0.25) is 4.79 Å². The van der Waals surface area contributed by atoms with E-state index >= 15 is 0 Å². The molecule has 0 N–H and O–H groups in total. The fraction of sp³-hybridized carbons (Fsp3) is 0.417. The fourth-order valence-electron chi connectivity index (χ4n) is 1.58. The second kappa shape index (κ2) is 2.99. The zero-order valence-electron chi connectivity index (χ0n) is 9.50. The highest BCUT2D eigenvalue weighted by molar-refractivity contribution is 5.76. The van der Waals surface area contributed by atoms with Crippen LogP contribution >= 0.6 is 0 Å². The Hall–Kier alpha value is -1.51. The minimum absolute atomic E-state index is 0.0544. The van der Waals surface area contributed by atoms with Gasteiger partial charge in [-0.05, 0) is 39.8 Å². The SMILES string of the molecule is Cc1ccc2on(C(C)(C)C)c(=O)c2c1. The lowest BCUT2D eigenvalue weighted by molar-refractivity contribution is 0.171. The van der Waals surface area contributed by atoms with Crippen molar-refractivity contribution < 1.29 is 4.52 Å². The Balaban J connectivity index is 2.82. The molecule has 1 aromatic heterocycles. The van der Waals surface area contributed by atoms with Gasteiger partial charge >= 0.3 is 0 Å². The number of nitrogens with zero attached hydrogens (tertiary/aromatic N) is 1. The molecule has 1 heterocycles. The molecular formula is C12H15NO2. The van der Waals surface area contributed by atoms with Crippen LogP contribution in [-0.4, -0.2) is 4.74 Å². The molecule has 0 bridgehead atoms. The molecule has 0 aliphatic rings. The molecule has 0 unspecified atom stereocenters. The van der Waals surface area contributed by atoms with Crippen molar-refractivity contribution in [2.75, 3.05) is 0 Å². The van der Waals surface area contributed by atoms with E-state index in [1.54, 1.807) is 0 Å². The van der Waals surface area contributed by atoms with Crippen LogP contribution in [0.25, 0.3) is 11.0 Å². The zero-order chi connectivity index (χ0) is 11.2. The summed E-state index contributed by atoms with van der Waals surface area (Å²) in [4.78, 5) is 12.0. The van der Waals surface area contributed by atoms with Crippen LogP contribution in [0.4, 0.5) is 0 Å². The third-order valence-corrected chi connectivity index (χ3v) is 2.35. The molecule has 0 aliphatic carbocycles. The zero-order valence-corrected chi connectivity index (χ0v) is 9.50. The lowest BCUT2D eigenvalue weighted by Gasteiger charge is -2.16. The lowest BCUT2D eigenvalue weighted by atomic mass is 10.1. The first-order chi connectivity index (χ1) is 6.89. The summed E-state index contributed by atoms with van der Waals surface area (Å²) in [6.45, 7) is 7.81. The summed E-state index contributed by atoms with van der Waals surface area (Å²) in [6.07, 6.45) is 0. The first kappa shape index (κ1) is 10.0. The van der Waals surface area contributed by atoms with Crippen molar-refractivity contribution in [3.8, 4) is 0 Å². The molecule has 3 heteroatoms. The molecule has 0 spiro atoms. The molecule has 0 amide bonds. The molecule has 2 rings (SSSR count). The first-order valence-corrected chi connectivity index (χ1v) is 5.03. The van der Waals surface area contributed by atoms with E-state index in [0.29, 0.717) is 11.0 Å². The van der Waals surface area contributed by atoms with Gasteiger partial charge in [0, 0.05) is 0 Å². The fourth-order valence-corrected chi connectivity index (χ4v) is 1.58. The van der Waals surface area contributed by atoms with Crippen LogP contribution in [0, 0.1) is 6.92 Å². The molecule has 0 fully saturated rings. The van der Waals surface area contributed by atoms with Gasteiger partial charge in [0.05, 0.1) is 10.9 Å². The van der Waals surface area contributed by atoms with E-state index in [-0.39, 0.29) is 11.1 Å². The molecule has 0 radical (unpaired) electrons. The molecule has 2 aromatic rings. The third kappa shape index (κ3) is 1.58. The summed E-state index contributed by atoms with van der Waals surface area (Å²) in [5.74, 6) is 0. The maximum atomic E-state index is 12.0. The van der Waals surface area contributed by atoms with Crippen LogP contribution in [0.5, 0.6) is 0 Å². The summed E-state index contributed by atoms with van der Waals surface area (Å²) in [7, 11) is 0. The van der Waals surface area contributed by atoms with Crippen LogP contribution in [0.15, 0.2) is 27.5 Å². The monoisotopic (exact) mass is 205 g/mol. The Morgan fingerprint density at radius 3 is 2.53 bits per heavy atom. The Morgan fingerprint density at radius 1 is 1.27 bits per heavy atom. The van der Waals surface area contributed by atoms with Crippen molar-refractivity contribution in [2.45, 2.75) is 33.2 Å². The minimum atomic E-state index is -0.315. The molecule has 0 saturated carbocycles. The standard InChI is InChI=1S/C12H15NO2/c1-8-5-6-10-9(7-8)11(14)13(15-10)12(2,3)4/h5-7H,1-4H3. The average molecular weight is 205 g/mol. The second-order valence-corrected chi connectivity index (χ2v) is 4.86. The van der Waals surface area contributed by atoms with E-state index in [4.69, 9.17) is 4.52 Å². The Kier molecular flexibility index (Phi) is 2.00. The highest BCUT2D eigenvalue weighted by Gasteiger charge is 2.20. The molecule has 0 aliphatic heterocycles. The molecule has 1 aromatic carbocycles. The maximum Gasteiger partial charge on any atom is 0.290 e. The highest BCUT2D eigenvalue weighted by atomic mass is 16.5. The average Bonchev–Trinajstić information content (AvgIpc) is 2.43. The topological polar surface area (TPSA) is 35.1 Å². The van der Waals surface area contributed by atoms with Crippen LogP contribution in [-0.2, 0) is 5.54 Å². The first-order valence-electron chi connectivity index (χ1n) is 5.03. The Bertz CT molecular complexity index is 555. The summed E-state index contributed by atoms with van der Waals surface area (Å²) < 4.78 is 6.95. The number of fused-ring (bicyclic) bond motifs is 1. The van der Waals surface area contributed by atoms with E-state index in [9.17, 15) is 4.79 Å². The number of aromatic nitrogens is 1. The van der Waals surface area contributed by atoms with Gasteiger partial charge in [-0.25, -0.2) is 0 Å². The van der Waals surface area contributed by atoms with Gasteiger partial charge in [0.2, 0.25) is 0 Å². The van der Waals surface area contributed by atoms with Gasteiger partial charge in [-0.2, -0.15) is 4.74 Å².